The van der Waals surface area contributed by atoms with Crippen molar-refractivity contribution < 1.29 is 18.4 Å². The normalized spacial score (nSPS) is 16.8. The number of hydrogen-bond acceptors (Lipinski definition) is 6. The molecule has 36 heavy (non-hydrogen) atoms. The zero-order valence-electron chi connectivity index (χ0n) is 19.6. The van der Waals surface area contributed by atoms with Crippen LogP contribution in [0.4, 0.5) is 4.39 Å². The van der Waals surface area contributed by atoms with Gasteiger partial charge in [-0.05, 0) is 65.8 Å². The Balaban J connectivity index is 1.26. The third-order valence-electron chi connectivity index (χ3n) is 7.12. The average Bonchev–Trinajstić information content (AvgIpc) is 3.63. The first-order valence-electron chi connectivity index (χ1n) is 11.8. The van der Waals surface area contributed by atoms with Crippen LogP contribution in [0.15, 0.2) is 58.7 Å². The summed E-state index contributed by atoms with van der Waals surface area (Å²) in [4.78, 5) is 28.2. The van der Waals surface area contributed by atoms with Gasteiger partial charge < -0.3 is 14.6 Å². The van der Waals surface area contributed by atoms with Gasteiger partial charge in [-0.15, -0.1) is 0 Å². The van der Waals surface area contributed by atoms with Crippen molar-refractivity contribution in [1.29, 1.82) is 0 Å². The van der Waals surface area contributed by atoms with Gasteiger partial charge in [-0.2, -0.15) is 8.75 Å². The maximum absolute atomic E-state index is 14.7. The Hall–Kier alpha value is -3.85. The third kappa shape index (κ3) is 3.80. The van der Waals surface area contributed by atoms with Crippen molar-refractivity contribution >= 4 is 40.1 Å². The SMILES string of the molecule is CNC(=O)[C@H]1CC2=C(Cc3cccc(F)c32)CN1C(=O)c1occc1CCc1ccc2nsnc2c1. The van der Waals surface area contributed by atoms with Gasteiger partial charge in [0.15, 0.2) is 5.76 Å². The number of rotatable bonds is 5. The summed E-state index contributed by atoms with van der Waals surface area (Å²) in [6, 6.07) is 12.1. The largest absolute Gasteiger partial charge is 0.459 e. The molecule has 7 nitrogen and oxygen atoms in total. The molecule has 1 aliphatic heterocycles. The molecule has 1 atom stereocenters. The summed E-state index contributed by atoms with van der Waals surface area (Å²) in [7, 11) is 1.55. The van der Waals surface area contributed by atoms with Crippen LogP contribution in [-0.4, -0.2) is 45.1 Å². The molecule has 0 radical (unpaired) electrons. The fourth-order valence-corrected chi connectivity index (χ4v) is 5.83. The lowest BCUT2D eigenvalue weighted by molar-refractivity contribution is -0.125. The Bertz CT molecular complexity index is 1540. The third-order valence-corrected chi connectivity index (χ3v) is 7.68. The van der Waals surface area contributed by atoms with Crippen LogP contribution in [0.1, 0.15) is 39.2 Å². The molecule has 4 aromatic rings. The van der Waals surface area contributed by atoms with Crippen LogP contribution < -0.4 is 5.32 Å². The molecule has 2 aliphatic rings. The van der Waals surface area contributed by atoms with Crippen LogP contribution >= 0.6 is 11.7 Å². The van der Waals surface area contributed by atoms with Crippen molar-refractivity contribution in [2.24, 2.45) is 0 Å². The van der Waals surface area contributed by atoms with Gasteiger partial charge in [-0.3, -0.25) is 9.59 Å². The number of aromatic nitrogens is 2. The summed E-state index contributed by atoms with van der Waals surface area (Å²) >= 11 is 1.18. The molecule has 182 valence electrons. The maximum Gasteiger partial charge on any atom is 0.290 e. The Labute approximate surface area is 210 Å². The van der Waals surface area contributed by atoms with Crippen molar-refractivity contribution in [2.75, 3.05) is 13.6 Å². The van der Waals surface area contributed by atoms with Gasteiger partial charge in [-0.25, -0.2) is 4.39 Å². The lowest BCUT2D eigenvalue weighted by Gasteiger charge is -2.35. The van der Waals surface area contributed by atoms with Gasteiger partial charge in [-0.1, -0.05) is 18.2 Å². The van der Waals surface area contributed by atoms with Gasteiger partial charge in [0.05, 0.1) is 18.0 Å². The maximum atomic E-state index is 14.7. The number of carbonyl (C=O) groups excluding carboxylic acids is 2. The summed E-state index contributed by atoms with van der Waals surface area (Å²) in [5.74, 6) is -0.650. The molecular weight excluding hydrogens is 479 g/mol. The first-order chi connectivity index (χ1) is 17.5. The van der Waals surface area contributed by atoms with E-state index in [1.54, 1.807) is 24.1 Å². The summed E-state index contributed by atoms with van der Waals surface area (Å²) in [5.41, 5.74) is 6.91. The quantitative estimate of drug-likeness (QED) is 0.442. The average molecular weight is 503 g/mol. The van der Waals surface area contributed by atoms with Gasteiger partial charge in [0, 0.05) is 31.1 Å². The summed E-state index contributed by atoms with van der Waals surface area (Å²) in [6.07, 6.45) is 3.66. The summed E-state index contributed by atoms with van der Waals surface area (Å²) in [6.45, 7) is 0.258. The minimum absolute atomic E-state index is 0.242. The van der Waals surface area contributed by atoms with E-state index in [2.05, 4.69) is 14.1 Å². The number of benzene rings is 2. The van der Waals surface area contributed by atoms with Crippen molar-refractivity contribution in [2.45, 2.75) is 31.7 Å². The molecule has 2 aromatic carbocycles. The number of fused-ring (bicyclic) bond motifs is 3. The van der Waals surface area contributed by atoms with Crippen LogP contribution in [0.5, 0.6) is 0 Å². The van der Waals surface area contributed by atoms with E-state index in [9.17, 15) is 14.0 Å². The Morgan fingerprint density at radius 1 is 1.17 bits per heavy atom. The molecule has 9 heteroatoms. The number of amides is 2. The van der Waals surface area contributed by atoms with Gasteiger partial charge in [0.1, 0.15) is 22.9 Å². The molecule has 0 bridgehead atoms. The molecule has 1 N–H and O–H groups in total. The van der Waals surface area contributed by atoms with Crippen molar-refractivity contribution in [3.63, 3.8) is 0 Å². The number of furan rings is 1. The molecule has 0 spiro atoms. The number of nitrogens with one attached hydrogen (secondary N) is 1. The van der Waals surface area contributed by atoms with Crippen LogP contribution in [-0.2, 0) is 24.1 Å². The monoisotopic (exact) mass is 502 g/mol. The molecule has 3 heterocycles. The molecule has 6 rings (SSSR count). The van der Waals surface area contributed by atoms with Crippen molar-refractivity contribution in [3.05, 3.63) is 88.1 Å². The van der Waals surface area contributed by atoms with Crippen molar-refractivity contribution in [1.82, 2.24) is 19.0 Å². The van der Waals surface area contributed by atoms with Gasteiger partial charge in [0.25, 0.3) is 5.91 Å². The lowest BCUT2D eigenvalue weighted by Crippen LogP contribution is -2.51. The van der Waals surface area contributed by atoms with Gasteiger partial charge >= 0.3 is 0 Å². The van der Waals surface area contributed by atoms with Crippen molar-refractivity contribution in [3.8, 4) is 0 Å². The summed E-state index contributed by atoms with van der Waals surface area (Å²) in [5, 5.41) is 2.67. The minimum Gasteiger partial charge on any atom is -0.459 e. The first kappa shape index (κ1) is 22.6. The second-order valence-corrected chi connectivity index (χ2v) is 9.69. The highest BCUT2D eigenvalue weighted by molar-refractivity contribution is 7.00. The highest BCUT2D eigenvalue weighted by Gasteiger charge is 2.40. The number of likely N-dealkylation sites (N-methyl/N-ethyl adjacent to an activating group) is 1. The Morgan fingerprint density at radius 2 is 2.03 bits per heavy atom. The molecule has 0 fully saturated rings. The Kier molecular flexibility index (Phi) is 5.64. The number of nitrogens with zero attached hydrogens (tertiary/aromatic N) is 3. The van der Waals surface area contributed by atoms with Crippen LogP contribution in [0.2, 0.25) is 0 Å². The zero-order valence-corrected chi connectivity index (χ0v) is 20.4. The second kappa shape index (κ2) is 8.98. The molecule has 2 amide bonds. The minimum atomic E-state index is -0.746. The fourth-order valence-electron chi connectivity index (χ4n) is 5.31. The molecule has 0 unspecified atom stereocenters. The van der Waals surface area contributed by atoms with E-state index in [0.717, 1.165) is 38.9 Å². The topological polar surface area (TPSA) is 88.3 Å². The standard InChI is InChI=1S/C27H23FN4O3S/c1-29-26(33)23-13-19-18(12-17-3-2-4-20(28)24(17)19)14-32(23)27(34)25-16(9-10-35-25)7-5-15-6-8-21-22(11-15)31-36-30-21/h2-4,6,8-11,23H,5,7,12-14H2,1H3,(H,29,33)/t23-/m1/s1. The van der Waals surface area contributed by atoms with E-state index in [-0.39, 0.29) is 36.4 Å². The number of aryl methyl sites for hydroxylation is 2. The van der Waals surface area contributed by atoms with Crippen LogP contribution in [0, 0.1) is 5.82 Å². The number of carbonyl (C=O) groups is 2. The molecular formula is C27H23FN4O3S. The highest BCUT2D eigenvalue weighted by atomic mass is 32.1. The lowest BCUT2D eigenvalue weighted by atomic mass is 9.92. The van der Waals surface area contributed by atoms with E-state index in [0.29, 0.717) is 24.8 Å². The Morgan fingerprint density at radius 3 is 2.89 bits per heavy atom. The number of halogens is 1. The van der Waals surface area contributed by atoms with E-state index in [1.807, 2.05) is 24.3 Å². The first-order valence-corrected chi connectivity index (χ1v) is 12.6. The van der Waals surface area contributed by atoms with E-state index >= 15 is 0 Å². The molecule has 0 saturated heterocycles. The molecule has 2 aromatic heterocycles. The van der Waals surface area contributed by atoms with E-state index in [1.165, 1.54) is 24.1 Å². The summed E-state index contributed by atoms with van der Waals surface area (Å²) < 4.78 is 28.9. The zero-order chi connectivity index (χ0) is 24.8. The molecule has 0 saturated carbocycles. The van der Waals surface area contributed by atoms with Crippen LogP contribution in [0.3, 0.4) is 0 Å². The van der Waals surface area contributed by atoms with E-state index < -0.39 is 6.04 Å². The van der Waals surface area contributed by atoms with E-state index in [4.69, 9.17) is 4.42 Å². The second-order valence-electron chi connectivity index (χ2n) is 9.16. The fraction of sp³-hybridized carbons (Fsp3) is 0.259. The molecule has 1 aliphatic carbocycles. The predicted molar refractivity (Wildman–Crippen MR) is 134 cm³/mol. The van der Waals surface area contributed by atoms with Crippen LogP contribution in [0.25, 0.3) is 16.6 Å². The predicted octanol–water partition coefficient (Wildman–Crippen LogP) is 4.18. The van der Waals surface area contributed by atoms with Gasteiger partial charge in [0.2, 0.25) is 5.91 Å². The highest BCUT2D eigenvalue weighted by Crippen LogP contribution is 2.42. The number of hydrogen-bond donors (Lipinski definition) is 1. The smallest absolute Gasteiger partial charge is 0.290 e.